The molecule has 0 saturated heterocycles. The number of nitrogens with two attached hydrogens (primary N) is 2. The van der Waals surface area contributed by atoms with Gasteiger partial charge < -0.3 is 11.5 Å². The van der Waals surface area contributed by atoms with Crippen LogP contribution in [0, 0.1) is 12.3 Å². The Bertz CT molecular complexity index is 1460. The molecular weight excluding hydrogens is 531 g/mol. The van der Waals surface area contributed by atoms with Crippen molar-refractivity contribution in [2.45, 2.75) is 71.9 Å². The summed E-state index contributed by atoms with van der Waals surface area (Å²) in [6, 6.07) is 27.5. The molecule has 0 unspecified atom stereocenters. The molecule has 222 valence electrons. The lowest BCUT2D eigenvalue weighted by Crippen LogP contribution is -2.43. The van der Waals surface area contributed by atoms with Crippen LogP contribution >= 0.6 is 12.6 Å². The second-order valence-electron chi connectivity index (χ2n) is 11.5. The van der Waals surface area contributed by atoms with Crippen LogP contribution in [0.5, 0.6) is 0 Å². The maximum Gasteiger partial charge on any atom is 0.0872 e. The lowest BCUT2D eigenvalue weighted by atomic mass is 9.93. The Morgan fingerprint density at radius 1 is 0.929 bits per heavy atom. The van der Waals surface area contributed by atoms with E-state index in [1.165, 1.54) is 40.5 Å². The van der Waals surface area contributed by atoms with Crippen LogP contribution in [0.15, 0.2) is 91.5 Å². The molecule has 1 aliphatic rings. The van der Waals surface area contributed by atoms with Gasteiger partial charge >= 0.3 is 0 Å². The minimum atomic E-state index is -0.809. The van der Waals surface area contributed by atoms with Crippen LogP contribution in [0.2, 0.25) is 0 Å². The highest BCUT2D eigenvalue weighted by Gasteiger charge is 2.39. The van der Waals surface area contributed by atoms with E-state index in [2.05, 4.69) is 105 Å². The average molecular weight is 580 g/mol. The Kier molecular flexibility index (Phi) is 12.6. The number of allylic oxidation sites excluding steroid dienone is 1. The van der Waals surface area contributed by atoms with E-state index in [4.69, 9.17) is 16.5 Å². The summed E-state index contributed by atoms with van der Waals surface area (Å²) in [7, 11) is 0. The normalized spacial score (nSPS) is 13.6. The number of rotatable bonds is 10. The SMILES string of the molecule is C=CCC1(CS)CC1.CC.Cc1ccc2ccc(/C=C/c3cccc(CCCc4ccccc4C(C)(N)N)c3)nc2c1. The molecule has 0 spiro atoms. The molecule has 0 aliphatic heterocycles. The zero-order valence-electron chi connectivity index (χ0n) is 25.9. The summed E-state index contributed by atoms with van der Waals surface area (Å²) >= 11 is 4.25. The molecule has 4 N–H and O–H groups in total. The van der Waals surface area contributed by atoms with Gasteiger partial charge in [0.05, 0.1) is 16.9 Å². The Hall–Kier alpha value is -3.18. The zero-order valence-corrected chi connectivity index (χ0v) is 26.8. The summed E-state index contributed by atoms with van der Waals surface area (Å²) in [6.07, 6.45) is 13.1. The first-order valence-electron chi connectivity index (χ1n) is 15.2. The number of nitrogens with zero attached hydrogens (tertiary/aromatic N) is 1. The summed E-state index contributed by atoms with van der Waals surface area (Å²) in [4.78, 5) is 4.78. The van der Waals surface area contributed by atoms with Crippen LogP contribution in [0.3, 0.4) is 0 Å². The number of thiol groups is 1. The Labute approximate surface area is 259 Å². The van der Waals surface area contributed by atoms with Crippen molar-refractivity contribution in [2.24, 2.45) is 16.9 Å². The summed E-state index contributed by atoms with van der Waals surface area (Å²) in [5.74, 6) is 1.04. The lowest BCUT2D eigenvalue weighted by molar-refractivity contribution is 0.513. The molecule has 3 nitrogen and oxygen atoms in total. The van der Waals surface area contributed by atoms with Gasteiger partial charge in [0.1, 0.15) is 0 Å². The molecule has 1 heterocycles. The summed E-state index contributed by atoms with van der Waals surface area (Å²) in [5.41, 5.74) is 20.1. The van der Waals surface area contributed by atoms with Crippen molar-refractivity contribution in [3.05, 3.63) is 125 Å². The molecule has 0 atom stereocenters. The monoisotopic (exact) mass is 579 g/mol. The molecule has 0 amide bonds. The third-order valence-corrected chi connectivity index (χ3v) is 8.32. The van der Waals surface area contributed by atoms with E-state index in [1.54, 1.807) is 0 Å². The van der Waals surface area contributed by atoms with Crippen molar-refractivity contribution < 1.29 is 0 Å². The maximum absolute atomic E-state index is 6.14. The van der Waals surface area contributed by atoms with Gasteiger partial charge in [-0.05, 0) is 110 Å². The highest BCUT2D eigenvalue weighted by atomic mass is 32.1. The fourth-order valence-corrected chi connectivity index (χ4v) is 5.47. The minimum absolute atomic E-state index is 0.588. The van der Waals surface area contributed by atoms with E-state index in [-0.39, 0.29) is 0 Å². The Morgan fingerprint density at radius 2 is 1.67 bits per heavy atom. The number of aromatic nitrogens is 1. The fraction of sp³-hybridized carbons (Fsp3) is 0.342. The van der Waals surface area contributed by atoms with Gasteiger partial charge in [0.2, 0.25) is 0 Å². The third kappa shape index (κ3) is 9.97. The van der Waals surface area contributed by atoms with Crippen LogP contribution in [-0.4, -0.2) is 10.7 Å². The Morgan fingerprint density at radius 3 is 2.33 bits per heavy atom. The second kappa shape index (κ2) is 15.9. The van der Waals surface area contributed by atoms with E-state index in [9.17, 15) is 0 Å². The molecule has 4 aromatic rings. The van der Waals surface area contributed by atoms with Crippen molar-refractivity contribution in [1.82, 2.24) is 4.98 Å². The molecule has 1 fully saturated rings. The van der Waals surface area contributed by atoms with Crippen LogP contribution < -0.4 is 11.5 Å². The molecule has 1 aromatic heterocycles. The quantitative estimate of drug-likeness (QED) is 0.0996. The molecule has 1 saturated carbocycles. The summed E-state index contributed by atoms with van der Waals surface area (Å²) < 4.78 is 0. The van der Waals surface area contributed by atoms with Gasteiger partial charge in [-0.1, -0.05) is 92.7 Å². The lowest BCUT2D eigenvalue weighted by Gasteiger charge is -2.22. The minimum Gasteiger partial charge on any atom is -0.310 e. The van der Waals surface area contributed by atoms with Crippen LogP contribution in [0.25, 0.3) is 23.1 Å². The maximum atomic E-state index is 6.14. The van der Waals surface area contributed by atoms with Gasteiger partial charge in [-0.2, -0.15) is 12.6 Å². The van der Waals surface area contributed by atoms with Gasteiger partial charge in [0.25, 0.3) is 0 Å². The molecule has 5 rings (SSSR count). The van der Waals surface area contributed by atoms with Crippen LogP contribution in [0.1, 0.15) is 80.0 Å². The zero-order chi connectivity index (χ0) is 30.6. The van der Waals surface area contributed by atoms with Gasteiger partial charge in [0, 0.05) is 5.39 Å². The third-order valence-electron chi connectivity index (χ3n) is 7.65. The van der Waals surface area contributed by atoms with Gasteiger partial charge in [-0.3, -0.25) is 0 Å². The van der Waals surface area contributed by atoms with Crippen molar-refractivity contribution in [2.75, 3.05) is 5.75 Å². The van der Waals surface area contributed by atoms with Gasteiger partial charge in [-0.15, -0.1) is 6.58 Å². The predicted molar refractivity (Wildman–Crippen MR) is 188 cm³/mol. The number of fused-ring (bicyclic) bond motifs is 1. The van der Waals surface area contributed by atoms with Crippen molar-refractivity contribution in [1.29, 1.82) is 0 Å². The Balaban J connectivity index is 0.000000414. The fourth-order valence-electron chi connectivity index (χ4n) is 5.03. The topological polar surface area (TPSA) is 64.9 Å². The number of hydrogen-bond donors (Lipinski definition) is 3. The first-order chi connectivity index (χ1) is 20.2. The van der Waals surface area contributed by atoms with E-state index in [1.807, 2.05) is 39.0 Å². The van der Waals surface area contributed by atoms with Crippen LogP contribution in [0.4, 0.5) is 0 Å². The van der Waals surface area contributed by atoms with Crippen LogP contribution in [-0.2, 0) is 18.5 Å². The number of benzene rings is 3. The molecule has 0 bridgehead atoms. The van der Waals surface area contributed by atoms with Gasteiger partial charge in [0.15, 0.2) is 0 Å². The molecule has 3 aromatic carbocycles. The molecule has 1 aliphatic carbocycles. The first-order valence-corrected chi connectivity index (χ1v) is 15.9. The van der Waals surface area contributed by atoms with E-state index < -0.39 is 5.66 Å². The number of aryl methyl sites for hydroxylation is 3. The average Bonchev–Trinajstić information content (AvgIpc) is 3.77. The smallest absolute Gasteiger partial charge is 0.0872 e. The van der Waals surface area contributed by atoms with E-state index in [0.717, 1.165) is 48.2 Å². The predicted octanol–water partition coefficient (Wildman–Crippen LogP) is 9.28. The van der Waals surface area contributed by atoms with Crippen molar-refractivity contribution in [3.8, 4) is 0 Å². The molecule has 0 radical (unpaired) electrons. The summed E-state index contributed by atoms with van der Waals surface area (Å²) in [5, 5.41) is 1.17. The largest absolute Gasteiger partial charge is 0.310 e. The molecular formula is C38H49N3S. The highest BCUT2D eigenvalue weighted by molar-refractivity contribution is 7.80. The molecule has 4 heteroatoms. The standard InChI is InChI=1S/C29H31N3.C7H12S.C2H6/c1-21-13-15-25-16-18-26(32-28(25)19-21)17-14-23-8-5-7-22(20-23)9-6-11-24-10-3-4-12-27(24)29(2,30)31;1-2-3-7(6-8)4-5-7;1-2/h3-5,7-8,10,12-20H,6,9,11,30-31H2,1-2H3;2,8H,1,3-6H2;1-2H3/b17-14+;;. The van der Waals surface area contributed by atoms with E-state index in [0.29, 0.717) is 5.41 Å². The number of pyridine rings is 1. The summed E-state index contributed by atoms with van der Waals surface area (Å²) in [6.45, 7) is 11.6. The van der Waals surface area contributed by atoms with E-state index >= 15 is 0 Å². The highest BCUT2D eigenvalue weighted by Crippen LogP contribution is 2.49. The van der Waals surface area contributed by atoms with Crippen molar-refractivity contribution in [3.63, 3.8) is 0 Å². The first kappa shape index (κ1) is 33.3. The molecule has 42 heavy (non-hydrogen) atoms. The number of hydrogen-bond acceptors (Lipinski definition) is 4. The second-order valence-corrected chi connectivity index (χ2v) is 11.8. The van der Waals surface area contributed by atoms with Gasteiger partial charge in [-0.25, -0.2) is 4.98 Å². The van der Waals surface area contributed by atoms with Crippen molar-refractivity contribution >= 4 is 35.7 Å².